The highest BCUT2D eigenvalue weighted by Crippen LogP contribution is 2.17. The Kier molecular flexibility index (Phi) is 6.29. The number of urea groups is 1. The van der Waals surface area contributed by atoms with Crippen molar-refractivity contribution in [3.63, 3.8) is 0 Å². The average molecular weight is 313 g/mol. The Hall–Kier alpha value is -2.69. The Labute approximate surface area is 137 Å². The SMILES string of the molecule is CN(C)c1cccc(NC(=O)NCCCOc2ccccc2)c1. The Morgan fingerprint density at radius 3 is 2.61 bits per heavy atom. The first-order valence-corrected chi connectivity index (χ1v) is 7.65. The third kappa shape index (κ3) is 5.90. The third-order valence-corrected chi connectivity index (χ3v) is 3.24. The highest BCUT2D eigenvalue weighted by Gasteiger charge is 2.03. The van der Waals surface area contributed by atoms with Crippen LogP contribution in [-0.4, -0.2) is 33.3 Å². The van der Waals surface area contributed by atoms with Crippen molar-refractivity contribution in [3.8, 4) is 5.75 Å². The zero-order valence-electron chi connectivity index (χ0n) is 13.6. The van der Waals surface area contributed by atoms with E-state index in [1.54, 1.807) is 0 Å². The Morgan fingerprint density at radius 1 is 1.09 bits per heavy atom. The van der Waals surface area contributed by atoms with Crippen LogP contribution in [0.4, 0.5) is 16.2 Å². The second-order valence-corrected chi connectivity index (χ2v) is 5.34. The van der Waals surface area contributed by atoms with Gasteiger partial charge in [0.2, 0.25) is 0 Å². The van der Waals surface area contributed by atoms with Crippen molar-refractivity contribution < 1.29 is 9.53 Å². The molecule has 5 nitrogen and oxygen atoms in total. The van der Waals surface area contributed by atoms with Gasteiger partial charge < -0.3 is 20.3 Å². The van der Waals surface area contributed by atoms with Crippen molar-refractivity contribution in [3.05, 3.63) is 54.6 Å². The topological polar surface area (TPSA) is 53.6 Å². The van der Waals surface area contributed by atoms with E-state index >= 15 is 0 Å². The normalized spacial score (nSPS) is 10.0. The quantitative estimate of drug-likeness (QED) is 0.771. The second-order valence-electron chi connectivity index (χ2n) is 5.34. The van der Waals surface area contributed by atoms with Gasteiger partial charge in [-0.05, 0) is 36.8 Å². The predicted octanol–water partition coefficient (Wildman–Crippen LogP) is 3.34. The van der Waals surface area contributed by atoms with Crippen LogP contribution < -0.4 is 20.3 Å². The summed E-state index contributed by atoms with van der Waals surface area (Å²) in [5.41, 5.74) is 1.81. The Bertz CT molecular complexity index is 615. The summed E-state index contributed by atoms with van der Waals surface area (Å²) in [5.74, 6) is 0.845. The van der Waals surface area contributed by atoms with E-state index in [9.17, 15) is 4.79 Å². The molecule has 0 spiro atoms. The fourth-order valence-corrected chi connectivity index (χ4v) is 2.02. The van der Waals surface area contributed by atoms with Crippen LogP contribution in [-0.2, 0) is 0 Å². The lowest BCUT2D eigenvalue weighted by molar-refractivity contribution is 0.250. The molecule has 5 heteroatoms. The minimum Gasteiger partial charge on any atom is -0.494 e. The van der Waals surface area contributed by atoms with Crippen LogP contribution >= 0.6 is 0 Å². The van der Waals surface area contributed by atoms with E-state index in [2.05, 4.69) is 10.6 Å². The van der Waals surface area contributed by atoms with E-state index in [1.165, 1.54) is 0 Å². The van der Waals surface area contributed by atoms with E-state index in [-0.39, 0.29) is 6.03 Å². The number of nitrogens with zero attached hydrogens (tertiary/aromatic N) is 1. The van der Waals surface area contributed by atoms with Crippen molar-refractivity contribution in [2.45, 2.75) is 6.42 Å². The number of rotatable bonds is 7. The van der Waals surface area contributed by atoms with Crippen molar-refractivity contribution in [1.82, 2.24) is 5.32 Å². The zero-order chi connectivity index (χ0) is 16.5. The molecule has 0 aromatic heterocycles. The van der Waals surface area contributed by atoms with E-state index in [4.69, 9.17) is 4.74 Å². The molecule has 0 saturated heterocycles. The van der Waals surface area contributed by atoms with Gasteiger partial charge in [0.05, 0.1) is 6.61 Å². The van der Waals surface area contributed by atoms with Crippen LogP contribution in [0.25, 0.3) is 0 Å². The summed E-state index contributed by atoms with van der Waals surface area (Å²) in [6.45, 7) is 1.13. The van der Waals surface area contributed by atoms with Gasteiger partial charge in [0.25, 0.3) is 0 Å². The molecule has 0 aliphatic carbocycles. The number of ether oxygens (including phenoxy) is 1. The largest absolute Gasteiger partial charge is 0.494 e. The number of carbonyl (C=O) groups is 1. The lowest BCUT2D eigenvalue weighted by Gasteiger charge is -2.14. The lowest BCUT2D eigenvalue weighted by Crippen LogP contribution is -2.30. The smallest absolute Gasteiger partial charge is 0.319 e. The summed E-state index contributed by atoms with van der Waals surface area (Å²) in [6.07, 6.45) is 0.750. The van der Waals surface area contributed by atoms with Crippen molar-refractivity contribution in [2.24, 2.45) is 0 Å². The van der Waals surface area contributed by atoms with Crippen LogP contribution in [0.3, 0.4) is 0 Å². The standard InChI is InChI=1S/C18H23N3O2/c1-21(2)16-9-6-8-15(14-16)20-18(22)19-12-7-13-23-17-10-4-3-5-11-17/h3-6,8-11,14H,7,12-13H2,1-2H3,(H2,19,20,22). The van der Waals surface area contributed by atoms with E-state index in [1.807, 2.05) is 73.6 Å². The summed E-state index contributed by atoms with van der Waals surface area (Å²) < 4.78 is 5.57. The minimum atomic E-state index is -0.208. The molecular formula is C18H23N3O2. The first-order chi connectivity index (χ1) is 11.1. The van der Waals surface area contributed by atoms with Gasteiger partial charge in [-0.3, -0.25) is 0 Å². The number of anilines is 2. The Morgan fingerprint density at radius 2 is 1.87 bits per heavy atom. The van der Waals surface area contributed by atoms with Crippen LogP contribution in [0.15, 0.2) is 54.6 Å². The molecule has 0 saturated carbocycles. The first kappa shape index (κ1) is 16.7. The van der Waals surface area contributed by atoms with Gasteiger partial charge in [0.1, 0.15) is 5.75 Å². The van der Waals surface area contributed by atoms with Gasteiger partial charge in [-0.25, -0.2) is 4.79 Å². The fourth-order valence-electron chi connectivity index (χ4n) is 2.02. The van der Waals surface area contributed by atoms with Crippen LogP contribution in [0.2, 0.25) is 0 Å². The predicted molar refractivity (Wildman–Crippen MR) is 94.3 cm³/mol. The maximum Gasteiger partial charge on any atom is 0.319 e. The summed E-state index contributed by atoms with van der Waals surface area (Å²) in [6, 6.07) is 17.1. The number of nitrogens with one attached hydrogen (secondary N) is 2. The summed E-state index contributed by atoms with van der Waals surface area (Å²) in [7, 11) is 3.93. The van der Waals surface area contributed by atoms with Gasteiger partial charge in [-0.2, -0.15) is 0 Å². The number of hydrogen-bond acceptors (Lipinski definition) is 3. The maximum atomic E-state index is 11.9. The number of hydrogen-bond donors (Lipinski definition) is 2. The minimum absolute atomic E-state index is 0.208. The molecular weight excluding hydrogens is 290 g/mol. The molecule has 2 aromatic rings. The summed E-state index contributed by atoms with van der Waals surface area (Å²) in [4.78, 5) is 13.8. The number of amides is 2. The highest BCUT2D eigenvalue weighted by atomic mass is 16.5. The van der Waals surface area contributed by atoms with Crippen LogP contribution in [0.1, 0.15) is 6.42 Å². The molecule has 0 atom stereocenters. The molecule has 0 bridgehead atoms. The molecule has 2 rings (SSSR count). The number of para-hydroxylation sites is 1. The first-order valence-electron chi connectivity index (χ1n) is 7.65. The Balaban J connectivity index is 1.66. The highest BCUT2D eigenvalue weighted by molar-refractivity contribution is 5.89. The average Bonchev–Trinajstić information content (AvgIpc) is 2.55. The van der Waals surface area contributed by atoms with Gasteiger partial charge >= 0.3 is 6.03 Å². The van der Waals surface area contributed by atoms with Gasteiger partial charge in [-0.15, -0.1) is 0 Å². The monoisotopic (exact) mass is 313 g/mol. The fraction of sp³-hybridized carbons (Fsp3) is 0.278. The molecule has 122 valence electrons. The molecule has 0 heterocycles. The number of benzene rings is 2. The van der Waals surface area contributed by atoms with E-state index in [0.717, 1.165) is 23.5 Å². The molecule has 2 aromatic carbocycles. The second kappa shape index (κ2) is 8.68. The molecule has 0 unspecified atom stereocenters. The van der Waals surface area contributed by atoms with Crippen molar-refractivity contribution >= 4 is 17.4 Å². The molecule has 23 heavy (non-hydrogen) atoms. The molecule has 0 radical (unpaired) electrons. The molecule has 0 aliphatic heterocycles. The van der Waals surface area contributed by atoms with Crippen LogP contribution in [0.5, 0.6) is 5.75 Å². The molecule has 2 N–H and O–H groups in total. The third-order valence-electron chi connectivity index (χ3n) is 3.24. The maximum absolute atomic E-state index is 11.9. The van der Waals surface area contributed by atoms with Crippen molar-refractivity contribution in [2.75, 3.05) is 37.5 Å². The lowest BCUT2D eigenvalue weighted by atomic mass is 10.2. The molecule has 2 amide bonds. The van der Waals surface area contributed by atoms with Gasteiger partial charge in [-0.1, -0.05) is 24.3 Å². The van der Waals surface area contributed by atoms with Gasteiger partial charge in [0, 0.05) is 32.0 Å². The summed E-state index contributed by atoms with van der Waals surface area (Å²) >= 11 is 0. The molecule has 0 fully saturated rings. The summed E-state index contributed by atoms with van der Waals surface area (Å²) in [5, 5.41) is 5.65. The molecule has 0 aliphatic rings. The van der Waals surface area contributed by atoms with E-state index < -0.39 is 0 Å². The van der Waals surface area contributed by atoms with E-state index in [0.29, 0.717) is 13.2 Å². The van der Waals surface area contributed by atoms with Gasteiger partial charge in [0.15, 0.2) is 0 Å². The van der Waals surface area contributed by atoms with Crippen molar-refractivity contribution in [1.29, 1.82) is 0 Å². The number of carbonyl (C=O) groups excluding carboxylic acids is 1. The zero-order valence-corrected chi connectivity index (χ0v) is 13.6. The van der Waals surface area contributed by atoms with Crippen LogP contribution in [0, 0.1) is 0 Å².